The van der Waals surface area contributed by atoms with Crippen molar-refractivity contribution in [2.75, 3.05) is 36.0 Å². The van der Waals surface area contributed by atoms with Crippen LogP contribution >= 0.6 is 0 Å². The summed E-state index contributed by atoms with van der Waals surface area (Å²) in [5.41, 5.74) is 2.47. The molecule has 6 heteroatoms. The minimum Gasteiger partial charge on any atom is -0.367 e. The van der Waals surface area contributed by atoms with Crippen molar-refractivity contribution in [3.05, 3.63) is 58.9 Å². The third-order valence-electron chi connectivity index (χ3n) is 4.59. The molecule has 26 heavy (non-hydrogen) atoms. The highest BCUT2D eigenvalue weighted by molar-refractivity contribution is 5.95. The lowest BCUT2D eigenvalue weighted by molar-refractivity contribution is 0.101. The van der Waals surface area contributed by atoms with E-state index in [1.165, 1.54) is 13.0 Å². The summed E-state index contributed by atoms with van der Waals surface area (Å²) in [5, 5.41) is 18.6. The molecule has 0 spiro atoms. The number of halogens is 1. The van der Waals surface area contributed by atoms with Crippen molar-refractivity contribution in [2.24, 2.45) is 0 Å². The Bertz CT molecular complexity index is 934. The van der Waals surface area contributed by atoms with Gasteiger partial charge in [-0.3, -0.25) is 4.79 Å². The molecule has 1 fully saturated rings. The quantitative estimate of drug-likeness (QED) is 0.797. The normalized spacial score (nSPS) is 13.8. The van der Waals surface area contributed by atoms with E-state index in [1.54, 1.807) is 30.3 Å². The van der Waals surface area contributed by atoms with Gasteiger partial charge in [0.1, 0.15) is 23.5 Å². The maximum Gasteiger partial charge on any atom is 0.159 e. The van der Waals surface area contributed by atoms with Crippen LogP contribution in [0.2, 0.25) is 0 Å². The second-order valence-electron chi connectivity index (χ2n) is 6.12. The first-order valence-electron chi connectivity index (χ1n) is 8.28. The summed E-state index contributed by atoms with van der Waals surface area (Å²) in [6.45, 7) is 3.89. The molecule has 1 heterocycles. The second-order valence-corrected chi connectivity index (χ2v) is 6.12. The lowest BCUT2D eigenvalue weighted by atomic mass is 10.1. The van der Waals surface area contributed by atoms with Gasteiger partial charge >= 0.3 is 0 Å². The van der Waals surface area contributed by atoms with Gasteiger partial charge in [0.25, 0.3) is 0 Å². The number of nitrogens with zero attached hydrogens (tertiary/aromatic N) is 4. The van der Waals surface area contributed by atoms with Crippen LogP contribution < -0.4 is 9.80 Å². The average Bonchev–Trinajstić information content (AvgIpc) is 2.67. The van der Waals surface area contributed by atoms with Gasteiger partial charge < -0.3 is 9.80 Å². The van der Waals surface area contributed by atoms with E-state index in [4.69, 9.17) is 0 Å². The third kappa shape index (κ3) is 3.22. The Balaban J connectivity index is 1.83. The molecular formula is C20H17FN4O. The van der Waals surface area contributed by atoms with Crippen LogP contribution in [0.3, 0.4) is 0 Å². The van der Waals surface area contributed by atoms with Crippen molar-refractivity contribution in [3.8, 4) is 12.1 Å². The van der Waals surface area contributed by atoms with Crippen molar-refractivity contribution in [1.29, 1.82) is 10.5 Å². The summed E-state index contributed by atoms with van der Waals surface area (Å²) in [4.78, 5) is 15.7. The van der Waals surface area contributed by atoms with E-state index >= 15 is 0 Å². The van der Waals surface area contributed by atoms with Crippen LogP contribution in [0.4, 0.5) is 15.8 Å². The van der Waals surface area contributed by atoms with Gasteiger partial charge in [-0.25, -0.2) is 4.39 Å². The first-order valence-corrected chi connectivity index (χ1v) is 8.28. The number of benzene rings is 2. The molecule has 1 saturated heterocycles. The standard InChI is InChI=1S/C20H17FN4O/c1-14(26)15-5-6-16(12-22)20(11-15)25-9-7-24(8-10-25)19-4-2-3-18(21)17(19)13-23/h2-6,11H,7-10H2,1H3. The van der Waals surface area contributed by atoms with Gasteiger partial charge in [0.05, 0.1) is 16.9 Å². The fraction of sp³-hybridized carbons (Fsp3) is 0.250. The third-order valence-corrected chi connectivity index (χ3v) is 4.59. The molecule has 1 aliphatic heterocycles. The van der Waals surface area contributed by atoms with Crippen molar-refractivity contribution in [1.82, 2.24) is 0 Å². The van der Waals surface area contributed by atoms with Gasteiger partial charge in [-0.2, -0.15) is 10.5 Å². The molecule has 2 aromatic carbocycles. The average molecular weight is 348 g/mol. The highest BCUT2D eigenvalue weighted by Crippen LogP contribution is 2.27. The van der Waals surface area contributed by atoms with Gasteiger partial charge in [-0.15, -0.1) is 0 Å². The molecule has 0 aliphatic carbocycles. The van der Waals surface area contributed by atoms with Crippen LogP contribution in [-0.4, -0.2) is 32.0 Å². The molecule has 0 aromatic heterocycles. The lowest BCUT2D eigenvalue weighted by Gasteiger charge is -2.38. The zero-order chi connectivity index (χ0) is 18.7. The summed E-state index contributed by atoms with van der Waals surface area (Å²) in [6.07, 6.45) is 0. The molecule has 0 unspecified atom stereocenters. The highest BCUT2D eigenvalue weighted by atomic mass is 19.1. The fourth-order valence-corrected chi connectivity index (χ4v) is 3.18. The molecule has 0 N–H and O–H groups in total. The van der Waals surface area contributed by atoms with Gasteiger partial charge in [0.15, 0.2) is 5.78 Å². The number of nitriles is 2. The molecule has 5 nitrogen and oxygen atoms in total. The Labute approximate surface area is 151 Å². The molecule has 0 radical (unpaired) electrons. The molecule has 1 aliphatic rings. The molecule has 3 rings (SSSR count). The lowest BCUT2D eigenvalue weighted by Crippen LogP contribution is -2.47. The van der Waals surface area contributed by atoms with Crippen LogP contribution in [0.1, 0.15) is 28.4 Å². The van der Waals surface area contributed by atoms with Crippen molar-refractivity contribution in [2.45, 2.75) is 6.92 Å². The summed E-state index contributed by atoms with van der Waals surface area (Å²) in [5.74, 6) is -0.568. The van der Waals surface area contributed by atoms with Crippen molar-refractivity contribution >= 4 is 17.2 Å². The second kappa shape index (κ2) is 7.25. The van der Waals surface area contributed by atoms with E-state index in [0.717, 1.165) is 5.69 Å². The molecule has 130 valence electrons. The van der Waals surface area contributed by atoms with Crippen molar-refractivity contribution < 1.29 is 9.18 Å². The molecule has 0 amide bonds. The van der Waals surface area contributed by atoms with E-state index in [9.17, 15) is 19.7 Å². The van der Waals surface area contributed by atoms with Crippen LogP contribution in [0.25, 0.3) is 0 Å². The number of rotatable bonds is 3. The Morgan fingerprint density at radius 2 is 1.65 bits per heavy atom. The van der Waals surface area contributed by atoms with Crippen LogP contribution in [0.5, 0.6) is 0 Å². The summed E-state index contributed by atoms with van der Waals surface area (Å²) >= 11 is 0. The van der Waals surface area contributed by atoms with E-state index in [2.05, 4.69) is 6.07 Å². The number of Topliss-reactive ketones (excluding diaryl/α,β-unsaturated/α-hetero) is 1. The van der Waals surface area contributed by atoms with Crippen LogP contribution in [-0.2, 0) is 0 Å². The topological polar surface area (TPSA) is 71.1 Å². The Hall–Kier alpha value is -3.38. The van der Waals surface area contributed by atoms with Gasteiger partial charge in [-0.1, -0.05) is 6.07 Å². The van der Waals surface area contributed by atoms with Gasteiger partial charge in [0.2, 0.25) is 0 Å². The van der Waals surface area contributed by atoms with E-state index in [1.807, 2.05) is 15.9 Å². The first-order chi connectivity index (χ1) is 12.5. The highest BCUT2D eigenvalue weighted by Gasteiger charge is 2.22. The smallest absolute Gasteiger partial charge is 0.159 e. The summed E-state index contributed by atoms with van der Waals surface area (Å²) in [7, 11) is 0. The molecular weight excluding hydrogens is 331 g/mol. The number of carbonyl (C=O) groups is 1. The number of hydrogen-bond donors (Lipinski definition) is 0. The summed E-state index contributed by atoms with van der Waals surface area (Å²) < 4.78 is 13.8. The Morgan fingerprint density at radius 1 is 1.00 bits per heavy atom. The number of carbonyl (C=O) groups excluding carboxylic acids is 1. The maximum atomic E-state index is 13.8. The van der Waals surface area contributed by atoms with E-state index in [0.29, 0.717) is 43.0 Å². The largest absolute Gasteiger partial charge is 0.367 e. The molecule has 0 saturated carbocycles. The summed E-state index contributed by atoms with van der Waals surface area (Å²) in [6, 6.07) is 13.8. The molecule has 0 bridgehead atoms. The maximum absolute atomic E-state index is 13.8. The fourth-order valence-electron chi connectivity index (χ4n) is 3.18. The number of anilines is 2. The SMILES string of the molecule is CC(=O)c1ccc(C#N)c(N2CCN(c3cccc(F)c3C#N)CC2)c1. The minimum atomic E-state index is -0.520. The van der Waals surface area contributed by atoms with Gasteiger partial charge in [-0.05, 0) is 37.3 Å². The number of piperazine rings is 1. The Kier molecular flexibility index (Phi) is 4.86. The van der Waals surface area contributed by atoms with Crippen molar-refractivity contribution in [3.63, 3.8) is 0 Å². The predicted octanol–water partition coefficient (Wildman–Crippen LogP) is 3.10. The van der Waals surface area contributed by atoms with E-state index < -0.39 is 5.82 Å². The predicted molar refractivity (Wildman–Crippen MR) is 96.7 cm³/mol. The monoisotopic (exact) mass is 348 g/mol. The molecule has 0 atom stereocenters. The number of hydrogen-bond acceptors (Lipinski definition) is 5. The van der Waals surface area contributed by atoms with E-state index in [-0.39, 0.29) is 11.3 Å². The number of ketones is 1. The zero-order valence-corrected chi connectivity index (χ0v) is 14.4. The van der Waals surface area contributed by atoms with Crippen LogP contribution in [0.15, 0.2) is 36.4 Å². The molecule has 2 aromatic rings. The minimum absolute atomic E-state index is 0.0483. The zero-order valence-electron chi connectivity index (χ0n) is 14.4. The Morgan fingerprint density at radius 3 is 2.23 bits per heavy atom. The van der Waals surface area contributed by atoms with Gasteiger partial charge in [0, 0.05) is 31.7 Å². The first kappa shape index (κ1) is 17.4. The van der Waals surface area contributed by atoms with Crippen LogP contribution in [0, 0.1) is 28.5 Å².